The normalized spacial score (nSPS) is 15.8. The van der Waals surface area contributed by atoms with Crippen molar-refractivity contribution in [2.75, 3.05) is 11.9 Å². The summed E-state index contributed by atoms with van der Waals surface area (Å²) in [5, 5.41) is 2.23. The molecular formula is C20H22N2O4S. The number of carbonyl (C=O) groups is 3. The lowest BCUT2D eigenvalue weighted by Crippen LogP contribution is -2.31. The van der Waals surface area contributed by atoms with Crippen molar-refractivity contribution in [3.05, 3.63) is 47.3 Å². The SMILES string of the molecule is CCn1c(C)cc(C(=O)COC(=O)C[C@H]2Sc3ccccc3NC2=O)c1C. The zero-order valence-electron chi connectivity index (χ0n) is 15.6. The van der Waals surface area contributed by atoms with Gasteiger partial charge in [0.2, 0.25) is 11.7 Å². The van der Waals surface area contributed by atoms with Crippen LogP contribution in [0.15, 0.2) is 35.2 Å². The lowest BCUT2D eigenvalue weighted by Gasteiger charge is -2.23. The van der Waals surface area contributed by atoms with E-state index in [4.69, 9.17) is 4.74 Å². The van der Waals surface area contributed by atoms with Crippen molar-refractivity contribution in [2.45, 2.75) is 43.9 Å². The third-order valence-electron chi connectivity index (χ3n) is 4.61. The molecule has 0 unspecified atom stereocenters. The molecule has 142 valence electrons. The fourth-order valence-electron chi connectivity index (χ4n) is 3.23. The third kappa shape index (κ3) is 4.08. The number of nitrogens with one attached hydrogen (secondary N) is 1. The number of fused-ring (bicyclic) bond motifs is 1. The molecule has 0 saturated heterocycles. The molecule has 0 bridgehead atoms. The number of carbonyl (C=O) groups excluding carboxylic acids is 3. The number of ketones is 1. The molecule has 6 nitrogen and oxygen atoms in total. The monoisotopic (exact) mass is 386 g/mol. The predicted octanol–water partition coefficient (Wildman–Crippen LogP) is 3.35. The molecule has 0 radical (unpaired) electrons. The van der Waals surface area contributed by atoms with E-state index in [0.717, 1.165) is 28.5 Å². The minimum atomic E-state index is -0.562. The Morgan fingerprint density at radius 3 is 2.70 bits per heavy atom. The maximum atomic E-state index is 12.4. The van der Waals surface area contributed by atoms with Gasteiger partial charge in [0.25, 0.3) is 0 Å². The van der Waals surface area contributed by atoms with E-state index in [0.29, 0.717) is 5.56 Å². The molecule has 1 N–H and O–H groups in total. The molecule has 0 saturated carbocycles. The molecule has 1 aromatic heterocycles. The van der Waals surface area contributed by atoms with Gasteiger partial charge in [0, 0.05) is 28.4 Å². The number of esters is 1. The largest absolute Gasteiger partial charge is 0.457 e. The predicted molar refractivity (Wildman–Crippen MR) is 104 cm³/mol. The summed E-state index contributed by atoms with van der Waals surface area (Å²) in [7, 11) is 0. The van der Waals surface area contributed by atoms with Gasteiger partial charge in [0.05, 0.1) is 17.4 Å². The molecule has 0 spiro atoms. The highest BCUT2D eigenvalue weighted by molar-refractivity contribution is 8.01. The first-order valence-electron chi connectivity index (χ1n) is 8.82. The van der Waals surface area contributed by atoms with Crippen LogP contribution in [0.2, 0.25) is 0 Å². The van der Waals surface area contributed by atoms with Crippen LogP contribution in [0.25, 0.3) is 0 Å². The number of rotatable bonds is 6. The topological polar surface area (TPSA) is 77.4 Å². The van der Waals surface area contributed by atoms with Crippen molar-refractivity contribution >= 4 is 35.1 Å². The number of nitrogens with zero attached hydrogens (tertiary/aromatic N) is 1. The number of anilines is 1. The zero-order valence-corrected chi connectivity index (χ0v) is 16.4. The van der Waals surface area contributed by atoms with Crippen molar-refractivity contribution < 1.29 is 19.1 Å². The molecule has 0 fully saturated rings. The average Bonchev–Trinajstić information content (AvgIpc) is 2.94. The summed E-state index contributed by atoms with van der Waals surface area (Å²) in [6.07, 6.45) is -0.0773. The van der Waals surface area contributed by atoms with Crippen LogP contribution in [-0.4, -0.2) is 34.1 Å². The van der Waals surface area contributed by atoms with E-state index in [9.17, 15) is 14.4 Å². The van der Waals surface area contributed by atoms with E-state index in [-0.39, 0.29) is 24.7 Å². The molecule has 2 aromatic rings. The van der Waals surface area contributed by atoms with Gasteiger partial charge in [-0.05, 0) is 39.0 Å². The van der Waals surface area contributed by atoms with Crippen molar-refractivity contribution in [1.82, 2.24) is 4.57 Å². The number of hydrogen-bond donors (Lipinski definition) is 1. The summed E-state index contributed by atoms with van der Waals surface area (Å²) in [6, 6.07) is 9.25. The van der Waals surface area contributed by atoms with Crippen LogP contribution in [0.3, 0.4) is 0 Å². The number of aryl methyl sites for hydroxylation is 1. The molecule has 3 rings (SSSR count). The second kappa shape index (κ2) is 8.00. The Bertz CT molecular complexity index is 903. The number of thioether (sulfide) groups is 1. The van der Waals surface area contributed by atoms with E-state index < -0.39 is 11.2 Å². The molecule has 1 aliphatic rings. The Morgan fingerprint density at radius 1 is 1.26 bits per heavy atom. The minimum absolute atomic E-state index is 0.0773. The summed E-state index contributed by atoms with van der Waals surface area (Å²) in [4.78, 5) is 37.6. The van der Waals surface area contributed by atoms with Gasteiger partial charge in [0.15, 0.2) is 6.61 Å². The van der Waals surface area contributed by atoms with E-state index in [2.05, 4.69) is 5.32 Å². The first-order valence-corrected chi connectivity index (χ1v) is 9.70. The van der Waals surface area contributed by atoms with Gasteiger partial charge in [0.1, 0.15) is 0 Å². The zero-order chi connectivity index (χ0) is 19.6. The lowest BCUT2D eigenvalue weighted by atomic mass is 10.1. The van der Waals surface area contributed by atoms with Crippen LogP contribution in [-0.2, 0) is 20.9 Å². The Morgan fingerprint density at radius 2 is 2.00 bits per heavy atom. The van der Waals surface area contributed by atoms with Crippen molar-refractivity contribution in [3.8, 4) is 0 Å². The quantitative estimate of drug-likeness (QED) is 0.608. The van der Waals surface area contributed by atoms with Crippen LogP contribution < -0.4 is 5.32 Å². The third-order valence-corrected chi connectivity index (χ3v) is 5.89. The van der Waals surface area contributed by atoms with E-state index in [1.807, 2.05) is 55.7 Å². The minimum Gasteiger partial charge on any atom is -0.457 e. The maximum absolute atomic E-state index is 12.4. The van der Waals surface area contributed by atoms with Gasteiger partial charge in [-0.3, -0.25) is 14.4 Å². The number of amides is 1. The highest BCUT2D eigenvalue weighted by Crippen LogP contribution is 2.36. The molecule has 2 heterocycles. The van der Waals surface area contributed by atoms with Gasteiger partial charge in [-0.15, -0.1) is 11.8 Å². The van der Waals surface area contributed by atoms with Crippen molar-refractivity contribution in [2.24, 2.45) is 0 Å². The van der Waals surface area contributed by atoms with Crippen LogP contribution >= 0.6 is 11.8 Å². The second-order valence-corrected chi connectivity index (χ2v) is 7.65. The van der Waals surface area contributed by atoms with Crippen LogP contribution in [0.4, 0.5) is 5.69 Å². The first-order chi connectivity index (χ1) is 12.9. The summed E-state index contributed by atoms with van der Waals surface area (Å²) in [5.74, 6) is -1.02. The molecule has 7 heteroatoms. The molecule has 1 aliphatic heterocycles. The maximum Gasteiger partial charge on any atom is 0.307 e. The Labute approximate surface area is 162 Å². The molecule has 0 aliphatic carbocycles. The Kier molecular flexibility index (Phi) is 5.70. The molecule has 1 atom stereocenters. The smallest absolute Gasteiger partial charge is 0.307 e. The number of Topliss-reactive ketones (excluding diaryl/α,β-unsaturated/α-hetero) is 1. The summed E-state index contributed by atoms with van der Waals surface area (Å²) < 4.78 is 7.18. The van der Waals surface area contributed by atoms with E-state index >= 15 is 0 Å². The number of aromatic nitrogens is 1. The van der Waals surface area contributed by atoms with Gasteiger partial charge < -0.3 is 14.6 Å². The number of benzene rings is 1. The Balaban J connectivity index is 1.57. The molecular weight excluding hydrogens is 364 g/mol. The highest BCUT2D eigenvalue weighted by Gasteiger charge is 2.29. The van der Waals surface area contributed by atoms with Gasteiger partial charge in [-0.25, -0.2) is 0 Å². The summed E-state index contributed by atoms with van der Waals surface area (Å²) in [5.41, 5.74) is 3.19. The standard InChI is InChI=1S/C20H22N2O4S/c1-4-22-12(2)9-14(13(22)3)16(23)11-26-19(24)10-18-20(25)21-15-7-5-6-8-17(15)27-18/h5-9,18H,4,10-11H2,1-3H3,(H,21,25)/t18-/m1/s1. The van der Waals surface area contributed by atoms with Crippen molar-refractivity contribution in [3.63, 3.8) is 0 Å². The molecule has 27 heavy (non-hydrogen) atoms. The van der Waals surface area contributed by atoms with Crippen molar-refractivity contribution in [1.29, 1.82) is 0 Å². The van der Waals surface area contributed by atoms with Gasteiger partial charge >= 0.3 is 5.97 Å². The van der Waals surface area contributed by atoms with E-state index in [1.54, 1.807) is 0 Å². The van der Waals surface area contributed by atoms with Crippen LogP contribution in [0, 0.1) is 13.8 Å². The molecule has 1 aromatic carbocycles. The van der Waals surface area contributed by atoms with Gasteiger partial charge in [-0.1, -0.05) is 12.1 Å². The number of hydrogen-bond acceptors (Lipinski definition) is 5. The molecule has 1 amide bonds. The number of para-hydroxylation sites is 1. The Hall–Kier alpha value is -2.54. The van der Waals surface area contributed by atoms with Gasteiger partial charge in [-0.2, -0.15) is 0 Å². The average molecular weight is 386 g/mol. The van der Waals surface area contributed by atoms with Crippen LogP contribution in [0.1, 0.15) is 35.1 Å². The first kappa shape index (κ1) is 19.2. The van der Waals surface area contributed by atoms with Crippen LogP contribution in [0.5, 0.6) is 0 Å². The lowest BCUT2D eigenvalue weighted by molar-refractivity contribution is -0.143. The fourth-order valence-corrected chi connectivity index (χ4v) is 4.33. The fraction of sp³-hybridized carbons (Fsp3) is 0.350. The van der Waals surface area contributed by atoms with E-state index in [1.165, 1.54) is 11.8 Å². The highest BCUT2D eigenvalue weighted by atomic mass is 32.2. The summed E-state index contributed by atoms with van der Waals surface area (Å²) >= 11 is 1.33. The number of ether oxygens (including phenoxy) is 1. The second-order valence-electron chi connectivity index (χ2n) is 6.41. The summed E-state index contributed by atoms with van der Waals surface area (Å²) in [6.45, 7) is 6.30.